The first-order valence-corrected chi connectivity index (χ1v) is 15.9. The first kappa shape index (κ1) is 30.5. The van der Waals surface area contributed by atoms with E-state index in [1.807, 2.05) is 57.2 Å². The van der Waals surface area contributed by atoms with Gasteiger partial charge in [-0.1, -0.05) is 32.9 Å². The number of imidazole rings is 1. The number of ether oxygens (including phenoxy) is 1. The Morgan fingerprint density at radius 3 is 2.70 bits per heavy atom. The first-order chi connectivity index (χ1) is 22.7. The summed E-state index contributed by atoms with van der Waals surface area (Å²) in [5.41, 5.74) is 6.24. The van der Waals surface area contributed by atoms with Crippen LogP contribution in [0.4, 0.5) is 10.1 Å². The van der Waals surface area contributed by atoms with Gasteiger partial charge in [-0.15, -0.1) is 0 Å². The monoisotopic (exact) mass is 632 g/mol. The van der Waals surface area contributed by atoms with Crippen LogP contribution in [0.15, 0.2) is 67.1 Å². The van der Waals surface area contributed by atoms with E-state index < -0.39 is 0 Å². The Morgan fingerprint density at radius 2 is 1.87 bits per heavy atom. The number of aromatic nitrogens is 6. The van der Waals surface area contributed by atoms with Gasteiger partial charge in [-0.2, -0.15) is 5.10 Å². The number of nitrogens with zero attached hydrogens (tertiary/aromatic N) is 5. The van der Waals surface area contributed by atoms with Gasteiger partial charge in [-0.25, -0.2) is 9.37 Å². The van der Waals surface area contributed by atoms with Crippen LogP contribution in [0.5, 0.6) is 5.75 Å². The van der Waals surface area contributed by atoms with E-state index in [0.717, 1.165) is 47.2 Å². The minimum atomic E-state index is -0.364. The second-order valence-corrected chi connectivity index (χ2v) is 13.3. The molecule has 4 aromatic heterocycles. The fraction of sp³-hybridized carbons (Fsp3) is 0.306. The standard InChI is InChI=1S/C36H37FN8O2/c1-36(2,3)18-32(46)40-25-14-23(19-38-20-25)30-17-28-31(21-39-30)43-44-34(28)35-41-29-8-6-7-27(33(29)42-35)22-13-24(37)16-26(15-22)47-12-11-45-9-4-5-10-45/h6-8,13-17,19-21H,4-5,9-12,18H2,1-3H3,(H,40,46)(H,41,42)(H,43,44). The molecule has 5 heterocycles. The molecule has 47 heavy (non-hydrogen) atoms. The molecule has 11 heteroatoms. The highest BCUT2D eigenvalue weighted by Crippen LogP contribution is 2.34. The first-order valence-electron chi connectivity index (χ1n) is 15.9. The van der Waals surface area contributed by atoms with Crippen molar-refractivity contribution in [1.29, 1.82) is 0 Å². The van der Waals surface area contributed by atoms with E-state index in [0.29, 0.717) is 52.8 Å². The summed E-state index contributed by atoms with van der Waals surface area (Å²) in [5, 5.41) is 11.4. The summed E-state index contributed by atoms with van der Waals surface area (Å²) < 4.78 is 20.8. The number of H-pyrrole nitrogens is 2. The quantitative estimate of drug-likeness (QED) is 0.154. The van der Waals surface area contributed by atoms with Gasteiger partial charge >= 0.3 is 0 Å². The Hall–Kier alpha value is -5.16. The molecule has 2 aromatic carbocycles. The number of carbonyl (C=O) groups is 1. The Balaban J connectivity index is 1.17. The number of benzene rings is 2. The third kappa shape index (κ3) is 6.85. The predicted octanol–water partition coefficient (Wildman–Crippen LogP) is 7.22. The van der Waals surface area contributed by atoms with Crippen LogP contribution in [-0.2, 0) is 4.79 Å². The number of hydrogen-bond donors (Lipinski definition) is 3. The number of aromatic amines is 2. The Bertz CT molecular complexity index is 2070. The van der Waals surface area contributed by atoms with Crippen LogP contribution in [0.3, 0.4) is 0 Å². The number of likely N-dealkylation sites (tertiary alicyclic amines) is 1. The Morgan fingerprint density at radius 1 is 1.02 bits per heavy atom. The van der Waals surface area contributed by atoms with Gasteiger partial charge in [0.25, 0.3) is 0 Å². The van der Waals surface area contributed by atoms with E-state index in [1.165, 1.54) is 25.0 Å². The maximum atomic E-state index is 14.8. The van der Waals surface area contributed by atoms with Crippen LogP contribution in [0.25, 0.3) is 55.8 Å². The molecule has 0 unspecified atom stereocenters. The molecule has 3 N–H and O–H groups in total. The van der Waals surface area contributed by atoms with E-state index in [2.05, 4.69) is 35.4 Å². The van der Waals surface area contributed by atoms with Gasteiger partial charge in [0, 0.05) is 41.7 Å². The molecule has 0 saturated carbocycles. The molecule has 6 aromatic rings. The highest BCUT2D eigenvalue weighted by Gasteiger charge is 2.19. The summed E-state index contributed by atoms with van der Waals surface area (Å²) in [6.07, 6.45) is 7.89. The van der Waals surface area contributed by atoms with Crippen LogP contribution in [-0.4, -0.2) is 67.2 Å². The molecule has 0 bridgehead atoms. The Kier molecular flexibility index (Phi) is 8.15. The van der Waals surface area contributed by atoms with Crippen LogP contribution >= 0.6 is 0 Å². The number of rotatable bonds is 9. The molecule has 1 fully saturated rings. The summed E-state index contributed by atoms with van der Waals surface area (Å²) in [5.74, 6) is 0.631. The van der Waals surface area contributed by atoms with Crippen molar-refractivity contribution >= 4 is 33.5 Å². The van der Waals surface area contributed by atoms with Crippen LogP contribution in [0.2, 0.25) is 0 Å². The highest BCUT2D eigenvalue weighted by molar-refractivity contribution is 5.98. The van der Waals surface area contributed by atoms with Crippen molar-refractivity contribution in [3.05, 3.63) is 72.9 Å². The summed E-state index contributed by atoms with van der Waals surface area (Å²) >= 11 is 0. The number of halogens is 1. The molecule has 0 radical (unpaired) electrons. The number of nitrogens with one attached hydrogen (secondary N) is 3. The SMILES string of the molecule is CC(C)(C)CC(=O)Nc1cncc(-c2cc3c(-c4nc5c(-c6cc(F)cc(OCCN7CCCC7)c6)cccc5[nH]4)n[nH]c3cn2)c1. The van der Waals surface area contributed by atoms with E-state index >= 15 is 0 Å². The lowest BCUT2D eigenvalue weighted by atomic mass is 9.92. The van der Waals surface area contributed by atoms with Gasteiger partial charge in [-0.05, 0) is 67.2 Å². The van der Waals surface area contributed by atoms with Gasteiger partial charge < -0.3 is 15.0 Å². The van der Waals surface area contributed by atoms with Crippen LogP contribution in [0, 0.1) is 11.2 Å². The lowest BCUT2D eigenvalue weighted by Gasteiger charge is -2.17. The number of pyridine rings is 2. The molecule has 1 saturated heterocycles. The minimum absolute atomic E-state index is 0.0688. The van der Waals surface area contributed by atoms with Crippen molar-refractivity contribution in [2.24, 2.45) is 5.41 Å². The molecule has 0 spiro atoms. The molecule has 1 aliphatic rings. The molecule has 1 amide bonds. The van der Waals surface area contributed by atoms with Crippen molar-refractivity contribution in [3.63, 3.8) is 0 Å². The van der Waals surface area contributed by atoms with Gasteiger partial charge in [0.15, 0.2) is 5.82 Å². The maximum Gasteiger partial charge on any atom is 0.224 e. The van der Waals surface area contributed by atoms with Gasteiger partial charge in [0.1, 0.15) is 23.9 Å². The number of para-hydroxylation sites is 1. The molecule has 0 aliphatic carbocycles. The summed E-state index contributed by atoms with van der Waals surface area (Å²) in [6, 6.07) is 14.4. The zero-order valence-electron chi connectivity index (χ0n) is 26.7. The van der Waals surface area contributed by atoms with Crippen molar-refractivity contribution in [2.45, 2.75) is 40.0 Å². The molecule has 0 atom stereocenters. The average Bonchev–Trinajstić information content (AvgIpc) is 3.79. The lowest BCUT2D eigenvalue weighted by molar-refractivity contribution is -0.117. The van der Waals surface area contributed by atoms with E-state index in [4.69, 9.17) is 9.72 Å². The molecular weight excluding hydrogens is 595 g/mol. The van der Waals surface area contributed by atoms with Crippen molar-refractivity contribution in [3.8, 4) is 39.7 Å². The predicted molar refractivity (Wildman–Crippen MR) is 181 cm³/mol. The van der Waals surface area contributed by atoms with Gasteiger partial charge in [0.05, 0.1) is 40.3 Å². The summed E-state index contributed by atoms with van der Waals surface area (Å²) in [6.45, 7) is 9.59. The third-order valence-electron chi connectivity index (χ3n) is 8.25. The van der Waals surface area contributed by atoms with Gasteiger partial charge in [-0.3, -0.25) is 24.8 Å². The number of fused-ring (bicyclic) bond motifs is 2. The smallest absolute Gasteiger partial charge is 0.224 e. The zero-order chi connectivity index (χ0) is 32.5. The maximum absolute atomic E-state index is 14.8. The van der Waals surface area contributed by atoms with Crippen molar-refractivity contribution in [2.75, 3.05) is 31.6 Å². The topological polar surface area (TPSA) is 125 Å². The van der Waals surface area contributed by atoms with E-state index in [-0.39, 0.29) is 17.1 Å². The summed E-state index contributed by atoms with van der Waals surface area (Å²) in [7, 11) is 0. The summed E-state index contributed by atoms with van der Waals surface area (Å²) in [4.78, 5) is 32.2. The van der Waals surface area contributed by atoms with Crippen molar-refractivity contribution < 1.29 is 13.9 Å². The third-order valence-corrected chi connectivity index (χ3v) is 8.25. The van der Waals surface area contributed by atoms with Gasteiger partial charge in [0.2, 0.25) is 5.91 Å². The molecule has 240 valence electrons. The van der Waals surface area contributed by atoms with Crippen molar-refractivity contribution in [1.82, 2.24) is 35.0 Å². The molecule has 7 rings (SSSR count). The molecular formula is C36H37FN8O2. The van der Waals surface area contributed by atoms with Crippen LogP contribution < -0.4 is 10.1 Å². The molecule has 10 nitrogen and oxygen atoms in total. The largest absolute Gasteiger partial charge is 0.492 e. The number of carbonyl (C=O) groups excluding carboxylic acids is 1. The number of anilines is 1. The second kappa shape index (κ2) is 12.6. The fourth-order valence-corrected chi connectivity index (χ4v) is 6.07. The van der Waals surface area contributed by atoms with Crippen LogP contribution in [0.1, 0.15) is 40.0 Å². The number of hydrogen-bond acceptors (Lipinski definition) is 7. The second-order valence-electron chi connectivity index (χ2n) is 13.3. The zero-order valence-corrected chi connectivity index (χ0v) is 26.7. The molecule has 1 aliphatic heterocycles. The highest BCUT2D eigenvalue weighted by atomic mass is 19.1. The number of amides is 1. The lowest BCUT2D eigenvalue weighted by Crippen LogP contribution is -2.25. The fourth-order valence-electron chi connectivity index (χ4n) is 6.07. The Labute approximate surface area is 271 Å². The van der Waals surface area contributed by atoms with E-state index in [1.54, 1.807) is 18.6 Å². The minimum Gasteiger partial charge on any atom is -0.492 e. The van der Waals surface area contributed by atoms with E-state index in [9.17, 15) is 9.18 Å². The normalized spacial score (nSPS) is 13.9. The average molecular weight is 633 g/mol.